The lowest BCUT2D eigenvalue weighted by Gasteiger charge is -2.32. The smallest absolute Gasteiger partial charge is 0.274 e. The molecule has 1 aromatic heterocycles. The molecule has 1 amide bonds. The van der Waals surface area contributed by atoms with Crippen molar-refractivity contribution in [3.63, 3.8) is 0 Å². The van der Waals surface area contributed by atoms with Crippen LogP contribution in [0.5, 0.6) is 0 Å². The molecule has 0 bridgehead atoms. The minimum absolute atomic E-state index is 0.0477. The van der Waals surface area contributed by atoms with E-state index in [1.807, 2.05) is 4.90 Å². The molecular weight excluding hydrogens is 274 g/mol. The standard InChI is InChI=1S/C18H33N3O/c1-7-13(3)15(5)10-21(11-16(6)14(4)8-2)18(22)17-9-19-12-20-17/h9,12-16H,7-8,10-11H2,1-6H3,(H,19,20). The molecule has 4 atom stereocenters. The second kappa shape index (κ2) is 8.96. The average molecular weight is 307 g/mol. The zero-order valence-electron chi connectivity index (χ0n) is 15.1. The summed E-state index contributed by atoms with van der Waals surface area (Å²) in [5.74, 6) is 2.28. The molecule has 22 heavy (non-hydrogen) atoms. The SMILES string of the molecule is CCC(C)C(C)CN(CC(C)C(C)CC)C(=O)c1c[nH]cn1. The maximum atomic E-state index is 12.7. The number of imidazole rings is 1. The fourth-order valence-electron chi connectivity index (χ4n) is 2.64. The number of carbonyl (C=O) groups is 1. The Morgan fingerprint density at radius 1 is 1.05 bits per heavy atom. The van der Waals surface area contributed by atoms with Crippen molar-refractivity contribution in [3.05, 3.63) is 18.2 Å². The molecule has 0 fully saturated rings. The van der Waals surface area contributed by atoms with E-state index in [0.717, 1.165) is 25.9 Å². The summed E-state index contributed by atoms with van der Waals surface area (Å²) in [6.45, 7) is 15.0. The van der Waals surface area contributed by atoms with Crippen molar-refractivity contribution in [3.8, 4) is 0 Å². The Hall–Kier alpha value is -1.32. The van der Waals surface area contributed by atoms with Crippen LogP contribution in [-0.2, 0) is 0 Å². The maximum absolute atomic E-state index is 12.7. The van der Waals surface area contributed by atoms with Gasteiger partial charge in [-0.15, -0.1) is 0 Å². The predicted molar refractivity (Wildman–Crippen MR) is 91.7 cm³/mol. The molecule has 0 spiro atoms. The molecule has 1 rings (SSSR count). The van der Waals surface area contributed by atoms with Gasteiger partial charge in [-0.1, -0.05) is 54.4 Å². The highest BCUT2D eigenvalue weighted by atomic mass is 16.2. The lowest BCUT2D eigenvalue weighted by atomic mass is 9.90. The van der Waals surface area contributed by atoms with Gasteiger partial charge in [-0.05, 0) is 23.7 Å². The molecule has 1 N–H and O–H groups in total. The fraction of sp³-hybridized carbons (Fsp3) is 0.778. The van der Waals surface area contributed by atoms with E-state index in [1.165, 1.54) is 0 Å². The Morgan fingerprint density at radius 3 is 1.91 bits per heavy atom. The number of hydrogen-bond acceptors (Lipinski definition) is 2. The molecular formula is C18H33N3O. The topological polar surface area (TPSA) is 49.0 Å². The molecule has 0 saturated carbocycles. The lowest BCUT2D eigenvalue weighted by Crippen LogP contribution is -2.40. The first-order chi connectivity index (χ1) is 10.4. The largest absolute Gasteiger partial charge is 0.350 e. The second-order valence-corrected chi connectivity index (χ2v) is 6.89. The summed E-state index contributed by atoms with van der Waals surface area (Å²) in [7, 11) is 0. The number of rotatable bonds is 9. The van der Waals surface area contributed by atoms with Crippen molar-refractivity contribution in [2.75, 3.05) is 13.1 Å². The van der Waals surface area contributed by atoms with Crippen LogP contribution < -0.4 is 0 Å². The van der Waals surface area contributed by atoms with E-state index in [0.29, 0.717) is 29.4 Å². The summed E-state index contributed by atoms with van der Waals surface area (Å²) in [5, 5.41) is 0. The maximum Gasteiger partial charge on any atom is 0.274 e. The fourth-order valence-corrected chi connectivity index (χ4v) is 2.64. The summed E-state index contributed by atoms with van der Waals surface area (Å²) in [6.07, 6.45) is 5.55. The Labute approximate surface area is 135 Å². The molecule has 0 aliphatic carbocycles. The van der Waals surface area contributed by atoms with Gasteiger partial charge in [-0.3, -0.25) is 4.79 Å². The quantitative estimate of drug-likeness (QED) is 0.742. The third-order valence-electron chi connectivity index (χ3n) is 5.25. The molecule has 0 aliphatic rings. The van der Waals surface area contributed by atoms with E-state index in [1.54, 1.807) is 12.5 Å². The monoisotopic (exact) mass is 307 g/mol. The van der Waals surface area contributed by atoms with E-state index in [-0.39, 0.29) is 5.91 Å². The van der Waals surface area contributed by atoms with Crippen LogP contribution in [0.3, 0.4) is 0 Å². The van der Waals surface area contributed by atoms with Crippen molar-refractivity contribution in [2.45, 2.75) is 54.4 Å². The zero-order valence-corrected chi connectivity index (χ0v) is 15.1. The molecule has 1 aromatic rings. The Morgan fingerprint density at radius 2 is 1.55 bits per heavy atom. The van der Waals surface area contributed by atoms with Gasteiger partial charge in [-0.2, -0.15) is 0 Å². The first kappa shape index (κ1) is 18.7. The van der Waals surface area contributed by atoms with E-state index >= 15 is 0 Å². The number of amides is 1. The van der Waals surface area contributed by atoms with Gasteiger partial charge < -0.3 is 9.88 Å². The van der Waals surface area contributed by atoms with Gasteiger partial charge in [0.05, 0.1) is 6.33 Å². The van der Waals surface area contributed by atoms with Crippen LogP contribution in [-0.4, -0.2) is 33.9 Å². The van der Waals surface area contributed by atoms with E-state index < -0.39 is 0 Å². The van der Waals surface area contributed by atoms with Crippen molar-refractivity contribution < 1.29 is 4.79 Å². The lowest BCUT2D eigenvalue weighted by molar-refractivity contribution is 0.0661. The minimum atomic E-state index is 0.0477. The number of aromatic amines is 1. The van der Waals surface area contributed by atoms with Crippen LogP contribution in [0.15, 0.2) is 12.5 Å². The summed E-state index contributed by atoms with van der Waals surface area (Å²) in [6, 6.07) is 0. The van der Waals surface area contributed by atoms with Crippen molar-refractivity contribution in [1.29, 1.82) is 0 Å². The Bertz CT molecular complexity index is 412. The normalized spacial score (nSPS) is 16.8. The van der Waals surface area contributed by atoms with Crippen LogP contribution in [0.1, 0.15) is 64.9 Å². The highest BCUT2D eigenvalue weighted by Gasteiger charge is 2.24. The highest BCUT2D eigenvalue weighted by molar-refractivity contribution is 5.92. The van der Waals surface area contributed by atoms with Crippen LogP contribution in [0.2, 0.25) is 0 Å². The second-order valence-electron chi connectivity index (χ2n) is 6.89. The molecule has 4 unspecified atom stereocenters. The zero-order chi connectivity index (χ0) is 16.7. The van der Waals surface area contributed by atoms with Crippen LogP contribution in [0.25, 0.3) is 0 Å². The van der Waals surface area contributed by atoms with Gasteiger partial charge >= 0.3 is 0 Å². The van der Waals surface area contributed by atoms with E-state index in [2.05, 4.69) is 51.5 Å². The molecule has 1 heterocycles. The third kappa shape index (κ3) is 5.15. The van der Waals surface area contributed by atoms with Gasteiger partial charge in [-0.25, -0.2) is 4.98 Å². The predicted octanol–water partition coefficient (Wildman–Crippen LogP) is 4.22. The van der Waals surface area contributed by atoms with Crippen LogP contribution in [0.4, 0.5) is 0 Å². The molecule has 0 radical (unpaired) electrons. The summed E-state index contributed by atoms with van der Waals surface area (Å²) < 4.78 is 0. The summed E-state index contributed by atoms with van der Waals surface area (Å²) in [5.41, 5.74) is 0.521. The highest BCUT2D eigenvalue weighted by Crippen LogP contribution is 2.21. The van der Waals surface area contributed by atoms with Gasteiger partial charge in [0.25, 0.3) is 5.91 Å². The van der Waals surface area contributed by atoms with Crippen LogP contribution in [0, 0.1) is 23.7 Å². The van der Waals surface area contributed by atoms with Gasteiger partial charge in [0, 0.05) is 19.3 Å². The summed E-state index contributed by atoms with van der Waals surface area (Å²) in [4.78, 5) is 21.8. The number of nitrogens with zero attached hydrogens (tertiary/aromatic N) is 2. The third-order valence-corrected chi connectivity index (χ3v) is 5.25. The van der Waals surface area contributed by atoms with E-state index in [4.69, 9.17) is 0 Å². The minimum Gasteiger partial charge on any atom is -0.350 e. The van der Waals surface area contributed by atoms with E-state index in [9.17, 15) is 4.79 Å². The van der Waals surface area contributed by atoms with Gasteiger partial charge in [0.2, 0.25) is 0 Å². The van der Waals surface area contributed by atoms with Crippen molar-refractivity contribution >= 4 is 5.91 Å². The number of nitrogens with one attached hydrogen (secondary N) is 1. The number of aromatic nitrogens is 2. The van der Waals surface area contributed by atoms with Gasteiger partial charge in [0.1, 0.15) is 5.69 Å². The molecule has 0 saturated heterocycles. The molecule has 126 valence electrons. The summed E-state index contributed by atoms with van der Waals surface area (Å²) >= 11 is 0. The first-order valence-corrected chi connectivity index (χ1v) is 8.68. The first-order valence-electron chi connectivity index (χ1n) is 8.68. The number of hydrogen-bond donors (Lipinski definition) is 1. The average Bonchev–Trinajstić information content (AvgIpc) is 3.05. The number of H-pyrrole nitrogens is 1. The molecule has 4 heteroatoms. The van der Waals surface area contributed by atoms with Crippen molar-refractivity contribution in [1.82, 2.24) is 14.9 Å². The Balaban J connectivity index is 2.82. The Kier molecular flexibility index (Phi) is 7.63. The molecule has 0 aromatic carbocycles. The molecule has 0 aliphatic heterocycles. The molecule has 4 nitrogen and oxygen atoms in total. The van der Waals surface area contributed by atoms with Crippen molar-refractivity contribution in [2.24, 2.45) is 23.7 Å². The number of carbonyl (C=O) groups excluding carboxylic acids is 1. The van der Waals surface area contributed by atoms with Crippen LogP contribution >= 0.6 is 0 Å². The van der Waals surface area contributed by atoms with Gasteiger partial charge in [0.15, 0.2) is 0 Å².